The van der Waals surface area contributed by atoms with Crippen molar-refractivity contribution in [2.45, 2.75) is 32.4 Å². The van der Waals surface area contributed by atoms with Crippen molar-refractivity contribution in [3.8, 4) is 0 Å². The molecule has 0 saturated carbocycles. The number of amides is 1. The smallest absolute Gasteiger partial charge is 0.244 e. The Balaban J connectivity index is 0.00000242. The third-order valence-corrected chi connectivity index (χ3v) is 3.43. The van der Waals surface area contributed by atoms with Crippen LogP contribution < -0.4 is 10.6 Å². The van der Waals surface area contributed by atoms with E-state index in [0.717, 1.165) is 17.7 Å². The fourth-order valence-electron chi connectivity index (χ4n) is 2.31. The minimum atomic E-state index is -0.445. The van der Waals surface area contributed by atoms with Crippen molar-refractivity contribution in [1.29, 1.82) is 0 Å². The molecule has 1 amide bonds. The van der Waals surface area contributed by atoms with E-state index >= 15 is 0 Å². The molecule has 0 bridgehead atoms. The molecule has 1 unspecified atom stereocenters. The maximum atomic E-state index is 12.6. The van der Waals surface area contributed by atoms with Crippen LogP contribution in [-0.2, 0) is 11.3 Å². The van der Waals surface area contributed by atoms with Gasteiger partial charge in [0.05, 0.1) is 12.6 Å². The SMILES string of the molecule is CCCC(N)C(=O)N(Cc1ccccc1)c1ccccc1.Cl. The summed E-state index contributed by atoms with van der Waals surface area (Å²) in [6.45, 7) is 2.58. The molecule has 0 saturated heterocycles. The number of benzene rings is 2. The summed E-state index contributed by atoms with van der Waals surface area (Å²) in [4.78, 5) is 14.4. The lowest BCUT2D eigenvalue weighted by atomic mass is 10.1. The highest BCUT2D eigenvalue weighted by molar-refractivity contribution is 5.96. The van der Waals surface area contributed by atoms with Gasteiger partial charge in [-0.15, -0.1) is 12.4 Å². The monoisotopic (exact) mass is 318 g/mol. The topological polar surface area (TPSA) is 46.3 Å². The second-order valence-electron chi connectivity index (χ2n) is 5.14. The van der Waals surface area contributed by atoms with Gasteiger partial charge in [0.1, 0.15) is 0 Å². The van der Waals surface area contributed by atoms with Gasteiger partial charge in [0.2, 0.25) is 5.91 Å². The van der Waals surface area contributed by atoms with Gasteiger partial charge in [-0.05, 0) is 24.1 Å². The van der Waals surface area contributed by atoms with Crippen LogP contribution in [0.3, 0.4) is 0 Å². The molecule has 2 rings (SSSR count). The number of hydrogen-bond donors (Lipinski definition) is 1. The molecule has 1 atom stereocenters. The second kappa shape index (κ2) is 9.23. The van der Waals surface area contributed by atoms with Gasteiger partial charge in [-0.1, -0.05) is 61.9 Å². The van der Waals surface area contributed by atoms with Crippen LogP contribution in [0.15, 0.2) is 60.7 Å². The van der Waals surface area contributed by atoms with E-state index in [2.05, 4.69) is 0 Å². The highest BCUT2D eigenvalue weighted by Gasteiger charge is 2.21. The van der Waals surface area contributed by atoms with Gasteiger partial charge < -0.3 is 10.6 Å². The van der Waals surface area contributed by atoms with E-state index in [1.165, 1.54) is 0 Å². The number of carbonyl (C=O) groups is 1. The number of halogens is 1. The first-order valence-corrected chi connectivity index (χ1v) is 7.38. The zero-order valence-corrected chi connectivity index (χ0v) is 13.6. The average Bonchev–Trinajstić information content (AvgIpc) is 2.54. The van der Waals surface area contributed by atoms with Crippen LogP contribution in [0.5, 0.6) is 0 Å². The third kappa shape index (κ3) is 4.86. The number of hydrogen-bond acceptors (Lipinski definition) is 2. The molecule has 0 spiro atoms. The van der Waals surface area contributed by atoms with E-state index in [1.54, 1.807) is 4.90 Å². The van der Waals surface area contributed by atoms with Crippen LogP contribution in [0.4, 0.5) is 5.69 Å². The quantitative estimate of drug-likeness (QED) is 0.881. The number of rotatable bonds is 6. The molecule has 0 radical (unpaired) electrons. The van der Waals surface area contributed by atoms with Gasteiger partial charge in [0, 0.05) is 5.69 Å². The predicted octanol–water partition coefficient (Wildman–Crippen LogP) is 3.77. The Morgan fingerprint density at radius 2 is 1.59 bits per heavy atom. The molecular formula is C18H23ClN2O. The summed E-state index contributed by atoms with van der Waals surface area (Å²) in [5.74, 6) is -0.0214. The van der Waals surface area contributed by atoms with E-state index < -0.39 is 6.04 Å². The lowest BCUT2D eigenvalue weighted by Crippen LogP contribution is -2.43. The molecule has 22 heavy (non-hydrogen) atoms. The van der Waals surface area contributed by atoms with E-state index in [1.807, 2.05) is 67.6 Å². The van der Waals surface area contributed by atoms with Gasteiger partial charge in [0.25, 0.3) is 0 Å². The first kappa shape index (κ1) is 18.2. The molecule has 0 aromatic heterocycles. The summed E-state index contributed by atoms with van der Waals surface area (Å²) < 4.78 is 0. The number of para-hydroxylation sites is 1. The number of nitrogens with zero attached hydrogens (tertiary/aromatic N) is 1. The maximum Gasteiger partial charge on any atom is 0.244 e. The van der Waals surface area contributed by atoms with Crippen LogP contribution >= 0.6 is 12.4 Å². The Labute approximate surface area is 138 Å². The van der Waals surface area contributed by atoms with Crippen molar-refractivity contribution >= 4 is 24.0 Å². The van der Waals surface area contributed by atoms with Crippen molar-refractivity contribution in [3.05, 3.63) is 66.2 Å². The molecule has 0 fully saturated rings. The van der Waals surface area contributed by atoms with Crippen molar-refractivity contribution in [1.82, 2.24) is 0 Å². The molecule has 0 aliphatic carbocycles. The number of nitrogens with two attached hydrogens (primary N) is 1. The van der Waals surface area contributed by atoms with Crippen LogP contribution in [0, 0.1) is 0 Å². The zero-order valence-electron chi connectivity index (χ0n) is 12.8. The third-order valence-electron chi connectivity index (χ3n) is 3.43. The summed E-state index contributed by atoms with van der Waals surface area (Å²) >= 11 is 0. The number of carbonyl (C=O) groups excluding carboxylic acids is 1. The zero-order chi connectivity index (χ0) is 15.1. The Kier molecular flexibility index (Phi) is 7.64. The summed E-state index contributed by atoms with van der Waals surface area (Å²) in [5, 5.41) is 0. The van der Waals surface area contributed by atoms with Crippen LogP contribution in [0.2, 0.25) is 0 Å². The molecule has 2 N–H and O–H groups in total. The Morgan fingerprint density at radius 1 is 1.05 bits per heavy atom. The van der Waals surface area contributed by atoms with Crippen LogP contribution in [-0.4, -0.2) is 11.9 Å². The number of anilines is 1. The maximum absolute atomic E-state index is 12.6. The van der Waals surface area contributed by atoms with Gasteiger partial charge in [-0.3, -0.25) is 4.79 Å². The molecule has 118 valence electrons. The van der Waals surface area contributed by atoms with Gasteiger partial charge >= 0.3 is 0 Å². The molecule has 0 heterocycles. The molecule has 3 nitrogen and oxygen atoms in total. The van der Waals surface area contributed by atoms with E-state index in [9.17, 15) is 4.79 Å². The summed E-state index contributed by atoms with van der Waals surface area (Å²) in [6, 6.07) is 19.2. The normalized spacial score (nSPS) is 11.4. The van der Waals surface area contributed by atoms with Gasteiger partial charge in [-0.2, -0.15) is 0 Å². The van der Waals surface area contributed by atoms with Gasteiger partial charge in [0.15, 0.2) is 0 Å². The molecule has 0 aliphatic rings. The lowest BCUT2D eigenvalue weighted by Gasteiger charge is -2.26. The Hall–Kier alpha value is -1.84. The standard InChI is InChI=1S/C18H22N2O.ClH/c1-2-9-17(19)18(21)20(16-12-7-4-8-13-16)14-15-10-5-3-6-11-15;/h3-8,10-13,17H,2,9,14,19H2,1H3;1H. The van der Waals surface area contributed by atoms with Crippen molar-refractivity contribution in [2.75, 3.05) is 4.90 Å². The summed E-state index contributed by atoms with van der Waals surface area (Å²) in [5.41, 5.74) is 8.01. The molecule has 0 aliphatic heterocycles. The molecule has 2 aromatic rings. The van der Waals surface area contributed by atoms with Crippen molar-refractivity contribution in [2.24, 2.45) is 5.73 Å². The lowest BCUT2D eigenvalue weighted by molar-refractivity contribution is -0.120. The fourth-order valence-corrected chi connectivity index (χ4v) is 2.31. The second-order valence-corrected chi connectivity index (χ2v) is 5.14. The largest absolute Gasteiger partial charge is 0.320 e. The minimum Gasteiger partial charge on any atom is -0.320 e. The summed E-state index contributed by atoms with van der Waals surface area (Å²) in [6.07, 6.45) is 1.61. The van der Waals surface area contributed by atoms with Crippen molar-refractivity contribution in [3.63, 3.8) is 0 Å². The first-order valence-electron chi connectivity index (χ1n) is 7.38. The van der Waals surface area contributed by atoms with Gasteiger partial charge in [-0.25, -0.2) is 0 Å². The van der Waals surface area contributed by atoms with Crippen LogP contribution in [0.25, 0.3) is 0 Å². The molecular weight excluding hydrogens is 296 g/mol. The summed E-state index contributed by atoms with van der Waals surface area (Å²) in [7, 11) is 0. The van der Waals surface area contributed by atoms with E-state index in [-0.39, 0.29) is 18.3 Å². The highest BCUT2D eigenvalue weighted by Crippen LogP contribution is 2.18. The Bertz CT molecular complexity index is 560. The van der Waals surface area contributed by atoms with E-state index in [0.29, 0.717) is 13.0 Å². The Morgan fingerprint density at radius 3 is 2.14 bits per heavy atom. The molecule has 2 aromatic carbocycles. The average molecular weight is 319 g/mol. The van der Waals surface area contributed by atoms with Crippen molar-refractivity contribution < 1.29 is 4.79 Å². The molecule has 4 heteroatoms. The minimum absolute atomic E-state index is 0. The highest BCUT2D eigenvalue weighted by atomic mass is 35.5. The van der Waals surface area contributed by atoms with E-state index in [4.69, 9.17) is 5.73 Å². The van der Waals surface area contributed by atoms with Crippen LogP contribution in [0.1, 0.15) is 25.3 Å². The first-order chi connectivity index (χ1) is 10.2. The fraction of sp³-hybridized carbons (Fsp3) is 0.278. The predicted molar refractivity (Wildman–Crippen MR) is 94.2 cm³/mol.